The SMILES string of the molecule is CCNCCCOCCCS(C)(C)(C)=O. The van der Waals surface area contributed by atoms with Crippen molar-refractivity contribution in [1.29, 1.82) is 0 Å². The zero-order valence-electron chi connectivity index (χ0n) is 10.7. The molecule has 0 saturated carbocycles. The van der Waals surface area contributed by atoms with Crippen LogP contribution in [0.3, 0.4) is 0 Å². The van der Waals surface area contributed by atoms with Gasteiger partial charge in [0.05, 0.1) is 0 Å². The van der Waals surface area contributed by atoms with Crippen molar-refractivity contribution in [2.75, 3.05) is 50.8 Å². The van der Waals surface area contributed by atoms with Crippen LogP contribution in [0.2, 0.25) is 0 Å². The normalized spacial score (nSPS) is 14.8. The lowest BCUT2D eigenvalue weighted by Gasteiger charge is -2.28. The van der Waals surface area contributed by atoms with E-state index in [9.17, 15) is 4.21 Å². The summed E-state index contributed by atoms with van der Waals surface area (Å²) in [7, 11) is -2.31. The van der Waals surface area contributed by atoms with Gasteiger partial charge in [-0.05, 0) is 44.7 Å². The molecule has 0 unspecified atom stereocenters. The molecule has 0 fully saturated rings. The van der Waals surface area contributed by atoms with Crippen molar-refractivity contribution in [3.05, 3.63) is 0 Å². The van der Waals surface area contributed by atoms with Crippen molar-refractivity contribution in [3.8, 4) is 0 Å². The monoisotopic (exact) mass is 237 g/mol. The molecule has 0 aliphatic heterocycles. The van der Waals surface area contributed by atoms with Gasteiger partial charge in [-0.3, -0.25) is 4.21 Å². The predicted molar refractivity (Wildman–Crippen MR) is 69.4 cm³/mol. The van der Waals surface area contributed by atoms with E-state index < -0.39 is 9.07 Å². The average Bonchev–Trinajstić information content (AvgIpc) is 2.07. The van der Waals surface area contributed by atoms with Crippen LogP contribution in [0.15, 0.2) is 0 Å². The van der Waals surface area contributed by atoms with Gasteiger partial charge in [-0.1, -0.05) is 6.92 Å². The lowest BCUT2D eigenvalue weighted by molar-refractivity contribution is 0.133. The molecular formula is C11H27NO2S. The highest BCUT2D eigenvalue weighted by Gasteiger charge is 2.16. The van der Waals surface area contributed by atoms with Gasteiger partial charge in [0.1, 0.15) is 0 Å². The van der Waals surface area contributed by atoms with E-state index in [0.29, 0.717) is 0 Å². The molecule has 0 aromatic rings. The zero-order valence-corrected chi connectivity index (χ0v) is 11.5. The summed E-state index contributed by atoms with van der Waals surface area (Å²) in [5, 5.41) is 3.24. The van der Waals surface area contributed by atoms with Gasteiger partial charge >= 0.3 is 0 Å². The number of nitrogens with one attached hydrogen (secondary N) is 1. The molecule has 3 nitrogen and oxygen atoms in total. The fourth-order valence-electron chi connectivity index (χ4n) is 1.23. The van der Waals surface area contributed by atoms with Crippen LogP contribution in [0.5, 0.6) is 0 Å². The van der Waals surface area contributed by atoms with E-state index in [4.69, 9.17) is 4.74 Å². The highest BCUT2D eigenvalue weighted by molar-refractivity contribution is 8.18. The second kappa shape index (κ2) is 6.61. The van der Waals surface area contributed by atoms with Crippen molar-refractivity contribution in [2.45, 2.75) is 19.8 Å². The van der Waals surface area contributed by atoms with Crippen LogP contribution >= 0.6 is 0 Å². The zero-order chi connectivity index (χ0) is 11.8. The first kappa shape index (κ1) is 15.1. The maximum atomic E-state index is 11.9. The highest BCUT2D eigenvalue weighted by atomic mass is 32.3. The first-order chi connectivity index (χ1) is 6.81. The van der Waals surface area contributed by atoms with Crippen molar-refractivity contribution in [1.82, 2.24) is 5.32 Å². The van der Waals surface area contributed by atoms with Crippen LogP contribution in [-0.2, 0) is 13.8 Å². The molecule has 15 heavy (non-hydrogen) atoms. The molecule has 0 spiro atoms. The smallest absolute Gasteiger partial charge is 0.0478 e. The van der Waals surface area contributed by atoms with Crippen LogP contribution in [0, 0.1) is 0 Å². The number of rotatable bonds is 9. The number of hydrogen-bond acceptors (Lipinski definition) is 3. The molecule has 0 aliphatic rings. The molecule has 0 atom stereocenters. The molecule has 1 N–H and O–H groups in total. The third-order valence-electron chi connectivity index (χ3n) is 2.02. The molecule has 0 saturated heterocycles. The van der Waals surface area contributed by atoms with Crippen molar-refractivity contribution < 1.29 is 8.95 Å². The molecule has 4 heteroatoms. The van der Waals surface area contributed by atoms with E-state index in [1.165, 1.54) is 0 Å². The summed E-state index contributed by atoms with van der Waals surface area (Å²) in [6.07, 6.45) is 7.50. The maximum Gasteiger partial charge on any atom is 0.0478 e. The Hall–Kier alpha value is 0.0700. The molecular weight excluding hydrogens is 210 g/mol. The molecule has 0 rings (SSSR count). The van der Waals surface area contributed by atoms with Crippen LogP contribution in [0.4, 0.5) is 0 Å². The van der Waals surface area contributed by atoms with E-state index in [0.717, 1.165) is 44.9 Å². The highest BCUT2D eigenvalue weighted by Crippen LogP contribution is 2.12. The van der Waals surface area contributed by atoms with E-state index in [2.05, 4.69) is 12.2 Å². The fourth-order valence-corrected chi connectivity index (χ4v) is 2.33. The molecule has 0 amide bonds. The topological polar surface area (TPSA) is 38.3 Å². The Morgan fingerprint density at radius 2 is 1.73 bits per heavy atom. The molecule has 0 aromatic carbocycles. The Morgan fingerprint density at radius 1 is 1.13 bits per heavy atom. The van der Waals surface area contributed by atoms with E-state index >= 15 is 0 Å². The predicted octanol–water partition coefficient (Wildman–Crippen LogP) is 1.10. The minimum atomic E-state index is -2.31. The van der Waals surface area contributed by atoms with Crippen LogP contribution < -0.4 is 5.32 Å². The number of ether oxygens (including phenoxy) is 1. The first-order valence-electron chi connectivity index (χ1n) is 5.67. The van der Waals surface area contributed by atoms with Crippen LogP contribution in [-0.4, -0.2) is 55.0 Å². The Kier molecular flexibility index (Phi) is 6.64. The minimum absolute atomic E-state index is 0.732. The minimum Gasteiger partial charge on any atom is -0.381 e. The fraction of sp³-hybridized carbons (Fsp3) is 1.00. The van der Waals surface area contributed by atoms with Crippen molar-refractivity contribution >= 4 is 9.07 Å². The average molecular weight is 237 g/mol. The van der Waals surface area contributed by atoms with Crippen LogP contribution in [0.1, 0.15) is 19.8 Å². The molecule has 94 valence electrons. The van der Waals surface area contributed by atoms with Crippen molar-refractivity contribution in [2.24, 2.45) is 0 Å². The second-order valence-electron chi connectivity index (χ2n) is 5.09. The van der Waals surface area contributed by atoms with Gasteiger partial charge in [0.25, 0.3) is 0 Å². The third-order valence-corrected chi connectivity index (χ3v) is 3.70. The Labute approximate surface area is 94.4 Å². The molecule has 0 aromatic heterocycles. The van der Waals surface area contributed by atoms with Gasteiger partial charge in [-0.15, -0.1) is 9.07 Å². The van der Waals surface area contributed by atoms with Crippen LogP contribution in [0.25, 0.3) is 0 Å². The lowest BCUT2D eigenvalue weighted by atomic mass is 10.4. The standard InChI is InChI=1S/C11H27NO2S/c1-5-12-8-6-9-14-10-7-11-15(2,3,4)13/h12H,5-11H2,1-4H3. The molecule has 0 heterocycles. The second-order valence-corrected chi connectivity index (χ2v) is 10.9. The van der Waals surface area contributed by atoms with E-state index in [1.807, 2.05) is 18.8 Å². The van der Waals surface area contributed by atoms with Gasteiger partial charge < -0.3 is 10.1 Å². The summed E-state index contributed by atoms with van der Waals surface area (Å²) in [5.41, 5.74) is 0. The van der Waals surface area contributed by atoms with Gasteiger partial charge in [0.15, 0.2) is 0 Å². The summed E-state index contributed by atoms with van der Waals surface area (Å²) in [5.74, 6) is 0.768. The Bertz CT molecular complexity index is 212. The quantitative estimate of drug-likeness (QED) is 0.610. The van der Waals surface area contributed by atoms with Gasteiger partial charge in [0, 0.05) is 19.0 Å². The number of hydrogen-bond donors (Lipinski definition) is 1. The Morgan fingerprint density at radius 3 is 2.27 bits per heavy atom. The molecule has 0 radical (unpaired) electrons. The molecule has 0 aliphatic carbocycles. The van der Waals surface area contributed by atoms with Gasteiger partial charge in [0.2, 0.25) is 0 Å². The van der Waals surface area contributed by atoms with Gasteiger partial charge in [-0.25, -0.2) is 0 Å². The first-order valence-corrected chi connectivity index (χ1v) is 9.03. The maximum absolute atomic E-state index is 11.9. The summed E-state index contributed by atoms with van der Waals surface area (Å²) in [6.45, 7) is 5.67. The van der Waals surface area contributed by atoms with Gasteiger partial charge in [-0.2, -0.15) is 0 Å². The van der Waals surface area contributed by atoms with Crippen molar-refractivity contribution in [3.63, 3.8) is 0 Å². The lowest BCUT2D eigenvalue weighted by Crippen LogP contribution is -2.32. The summed E-state index contributed by atoms with van der Waals surface area (Å²) in [6, 6.07) is 0. The largest absolute Gasteiger partial charge is 0.381 e. The Balaban J connectivity index is 3.23. The van der Waals surface area contributed by atoms with E-state index in [1.54, 1.807) is 0 Å². The third kappa shape index (κ3) is 14.1. The summed E-state index contributed by atoms with van der Waals surface area (Å²) >= 11 is 0. The summed E-state index contributed by atoms with van der Waals surface area (Å²) < 4.78 is 17.4. The van der Waals surface area contributed by atoms with E-state index in [-0.39, 0.29) is 0 Å². The summed E-state index contributed by atoms with van der Waals surface area (Å²) in [4.78, 5) is 0. The molecule has 0 bridgehead atoms.